The lowest BCUT2D eigenvalue weighted by Crippen LogP contribution is -2.31. The average molecular weight is 220 g/mol. The number of amidine groups is 1. The van der Waals surface area contributed by atoms with E-state index in [0.717, 1.165) is 12.3 Å². The van der Waals surface area contributed by atoms with Gasteiger partial charge in [0.2, 0.25) is 5.91 Å². The van der Waals surface area contributed by atoms with E-state index in [-0.39, 0.29) is 11.7 Å². The monoisotopic (exact) mass is 220 g/mol. The first-order valence-corrected chi connectivity index (χ1v) is 6.52. The highest BCUT2D eigenvalue weighted by atomic mass is 32.2. The molecule has 0 bridgehead atoms. The highest BCUT2D eigenvalue weighted by Gasteiger charge is 2.12. The number of thioether (sulfide) groups is 1. The molecule has 0 saturated carbocycles. The molecule has 1 unspecified atom stereocenters. The molecule has 4 nitrogen and oxygen atoms in total. The first-order chi connectivity index (χ1) is 6.22. The summed E-state index contributed by atoms with van der Waals surface area (Å²) in [5.41, 5.74) is 0. The minimum atomic E-state index is -1.03. The summed E-state index contributed by atoms with van der Waals surface area (Å²) in [7, 11) is -1.03. The van der Waals surface area contributed by atoms with Crippen LogP contribution in [0, 0.1) is 0 Å². The average Bonchev–Trinajstić information content (AvgIpc) is 2.56. The highest BCUT2D eigenvalue weighted by Crippen LogP contribution is 2.08. The number of carbonyl (C=O) groups excluding carboxylic acids is 1. The molecule has 0 spiro atoms. The molecule has 0 aromatic rings. The number of hydrogen-bond donors (Lipinski definition) is 1. The van der Waals surface area contributed by atoms with Gasteiger partial charge in [0.15, 0.2) is 5.17 Å². The van der Waals surface area contributed by atoms with Crippen LogP contribution in [-0.2, 0) is 15.6 Å². The topological polar surface area (TPSA) is 58.5 Å². The Labute approximate surface area is 84.0 Å². The molecule has 1 amide bonds. The van der Waals surface area contributed by atoms with Gasteiger partial charge in [0, 0.05) is 22.3 Å². The largest absolute Gasteiger partial charge is 0.305 e. The lowest BCUT2D eigenvalue weighted by Gasteiger charge is -2.01. The van der Waals surface area contributed by atoms with Gasteiger partial charge >= 0.3 is 0 Å². The van der Waals surface area contributed by atoms with Crippen LogP contribution >= 0.6 is 11.8 Å². The van der Waals surface area contributed by atoms with E-state index in [2.05, 4.69) is 10.3 Å². The van der Waals surface area contributed by atoms with Crippen molar-refractivity contribution in [3.05, 3.63) is 0 Å². The minimum absolute atomic E-state index is 0.0794. The van der Waals surface area contributed by atoms with E-state index in [4.69, 9.17) is 0 Å². The van der Waals surface area contributed by atoms with Crippen molar-refractivity contribution in [3.8, 4) is 0 Å². The van der Waals surface area contributed by atoms with Gasteiger partial charge in [-0.2, -0.15) is 0 Å². The zero-order valence-corrected chi connectivity index (χ0v) is 9.04. The van der Waals surface area contributed by atoms with Crippen LogP contribution in [0.25, 0.3) is 0 Å². The number of nitrogens with one attached hydrogen (secondary N) is 1. The summed E-state index contributed by atoms with van der Waals surface area (Å²) in [5, 5.41) is 3.29. The van der Waals surface area contributed by atoms with Crippen LogP contribution in [0.4, 0.5) is 0 Å². The lowest BCUT2D eigenvalue weighted by atomic mass is 10.7. The van der Waals surface area contributed by atoms with Crippen LogP contribution in [-0.4, -0.2) is 39.1 Å². The van der Waals surface area contributed by atoms with Crippen LogP contribution in [0.15, 0.2) is 4.99 Å². The summed E-state index contributed by atoms with van der Waals surface area (Å²) < 4.78 is 11.0. The predicted octanol–water partition coefficient (Wildman–Crippen LogP) is -0.0260. The Morgan fingerprint density at radius 1 is 1.77 bits per heavy atom. The van der Waals surface area contributed by atoms with Crippen molar-refractivity contribution in [1.29, 1.82) is 0 Å². The molecule has 0 fully saturated rings. The maximum Gasteiger partial charge on any atom is 0.238 e. The quantitative estimate of drug-likeness (QED) is 0.727. The number of nitrogens with zero attached hydrogens (tertiary/aromatic N) is 1. The molecule has 1 aliphatic heterocycles. The van der Waals surface area contributed by atoms with Crippen molar-refractivity contribution in [3.63, 3.8) is 0 Å². The van der Waals surface area contributed by atoms with E-state index in [9.17, 15) is 9.00 Å². The third-order valence-electron chi connectivity index (χ3n) is 1.45. The molecule has 0 aliphatic carbocycles. The molecule has 1 N–H and O–H groups in total. The second kappa shape index (κ2) is 5.39. The van der Waals surface area contributed by atoms with Gasteiger partial charge in [-0.25, -0.2) is 0 Å². The summed E-state index contributed by atoms with van der Waals surface area (Å²) in [6.07, 6.45) is 0. The van der Waals surface area contributed by atoms with Gasteiger partial charge in [0.25, 0.3) is 0 Å². The molecular formula is C7H12N2O2S2. The third-order valence-corrected chi connectivity index (χ3v) is 3.57. The Kier molecular flexibility index (Phi) is 4.44. The normalized spacial score (nSPS) is 18.1. The van der Waals surface area contributed by atoms with Gasteiger partial charge in [-0.05, 0) is 0 Å². The molecule has 0 aromatic carbocycles. The Morgan fingerprint density at radius 2 is 2.54 bits per heavy atom. The van der Waals surface area contributed by atoms with E-state index < -0.39 is 10.8 Å². The van der Waals surface area contributed by atoms with Crippen LogP contribution in [0.3, 0.4) is 0 Å². The molecule has 0 saturated heterocycles. The molecule has 1 aliphatic rings. The molecule has 74 valence electrons. The Morgan fingerprint density at radius 3 is 3.08 bits per heavy atom. The summed E-state index contributed by atoms with van der Waals surface area (Å²) in [4.78, 5) is 15.2. The Bertz CT molecular complexity index is 253. The highest BCUT2D eigenvalue weighted by molar-refractivity contribution is 8.14. The maximum atomic E-state index is 11.2. The van der Waals surface area contributed by atoms with Crippen LogP contribution in [0.2, 0.25) is 0 Å². The van der Waals surface area contributed by atoms with Crippen molar-refractivity contribution in [2.75, 3.05) is 23.8 Å². The molecule has 6 heteroatoms. The van der Waals surface area contributed by atoms with Crippen molar-refractivity contribution >= 4 is 33.6 Å². The minimum Gasteiger partial charge on any atom is -0.305 e. The fraction of sp³-hybridized carbons (Fsp3) is 0.714. The first kappa shape index (κ1) is 10.7. The van der Waals surface area contributed by atoms with Gasteiger partial charge in [0.05, 0.1) is 6.54 Å². The SMILES string of the molecule is CCS(=O)CC(=O)NC1=NCCS1. The van der Waals surface area contributed by atoms with Crippen molar-refractivity contribution in [1.82, 2.24) is 5.32 Å². The van der Waals surface area contributed by atoms with Crippen molar-refractivity contribution < 1.29 is 9.00 Å². The predicted molar refractivity (Wildman–Crippen MR) is 56.5 cm³/mol. The third kappa shape index (κ3) is 3.91. The molecule has 1 rings (SSSR count). The fourth-order valence-corrected chi connectivity index (χ4v) is 2.13. The molecular weight excluding hydrogens is 208 g/mol. The number of aliphatic imine (C=N–C) groups is 1. The number of hydrogen-bond acceptors (Lipinski definition) is 4. The van der Waals surface area contributed by atoms with E-state index in [1.807, 2.05) is 0 Å². The van der Waals surface area contributed by atoms with E-state index in [0.29, 0.717) is 10.9 Å². The fourth-order valence-electron chi connectivity index (χ4n) is 0.814. The van der Waals surface area contributed by atoms with Gasteiger partial charge in [-0.3, -0.25) is 14.0 Å². The zero-order valence-electron chi connectivity index (χ0n) is 7.41. The van der Waals surface area contributed by atoms with Crippen molar-refractivity contribution in [2.45, 2.75) is 6.92 Å². The van der Waals surface area contributed by atoms with Gasteiger partial charge < -0.3 is 5.32 Å². The van der Waals surface area contributed by atoms with Crippen LogP contribution in [0.5, 0.6) is 0 Å². The second-order valence-corrected chi connectivity index (χ2v) is 5.29. The number of carbonyl (C=O) groups is 1. The van der Waals surface area contributed by atoms with Gasteiger partial charge in [0.1, 0.15) is 5.75 Å². The standard InChI is InChI=1S/C7H12N2O2S2/c1-2-13(11)5-6(10)9-7-8-3-4-12-7/h2-5H2,1H3,(H,8,9,10). The van der Waals surface area contributed by atoms with E-state index in [1.54, 1.807) is 6.92 Å². The maximum absolute atomic E-state index is 11.2. The van der Waals surface area contributed by atoms with E-state index in [1.165, 1.54) is 11.8 Å². The summed E-state index contributed by atoms with van der Waals surface area (Å²) in [6, 6.07) is 0. The molecule has 1 atom stereocenters. The summed E-state index contributed by atoms with van der Waals surface area (Å²) >= 11 is 1.52. The van der Waals surface area contributed by atoms with Crippen LogP contribution < -0.4 is 5.32 Å². The summed E-state index contributed by atoms with van der Waals surface area (Å²) in [5.74, 6) is 1.32. The Balaban J connectivity index is 2.28. The molecule has 13 heavy (non-hydrogen) atoms. The zero-order chi connectivity index (χ0) is 9.68. The lowest BCUT2D eigenvalue weighted by molar-refractivity contribution is -0.117. The van der Waals surface area contributed by atoms with E-state index >= 15 is 0 Å². The smallest absolute Gasteiger partial charge is 0.238 e. The number of amides is 1. The van der Waals surface area contributed by atoms with Crippen LogP contribution in [0.1, 0.15) is 6.92 Å². The second-order valence-electron chi connectivity index (χ2n) is 2.46. The van der Waals surface area contributed by atoms with Crippen molar-refractivity contribution in [2.24, 2.45) is 4.99 Å². The number of rotatable bonds is 3. The molecule has 0 radical (unpaired) electrons. The Hall–Kier alpha value is -0.360. The molecule has 1 heterocycles. The summed E-state index contributed by atoms with van der Waals surface area (Å²) in [6.45, 7) is 2.56. The first-order valence-electron chi connectivity index (χ1n) is 4.04. The molecule has 0 aromatic heterocycles. The van der Waals surface area contributed by atoms with Gasteiger partial charge in [-0.15, -0.1) is 0 Å². The van der Waals surface area contributed by atoms with Gasteiger partial charge in [-0.1, -0.05) is 18.7 Å².